The SMILES string of the molecule is CSCC[C@@H](NC(=O)C1CCCCCN1)C(=O)O. The van der Waals surface area contributed by atoms with Crippen molar-refractivity contribution in [3.05, 3.63) is 0 Å². The molecule has 0 spiro atoms. The summed E-state index contributed by atoms with van der Waals surface area (Å²) in [5.74, 6) is -0.397. The highest BCUT2D eigenvalue weighted by atomic mass is 32.2. The Morgan fingerprint density at radius 2 is 2.22 bits per heavy atom. The van der Waals surface area contributed by atoms with Gasteiger partial charge in [0.25, 0.3) is 0 Å². The van der Waals surface area contributed by atoms with Gasteiger partial charge in [0.05, 0.1) is 6.04 Å². The van der Waals surface area contributed by atoms with E-state index in [4.69, 9.17) is 5.11 Å². The maximum absolute atomic E-state index is 12.0. The summed E-state index contributed by atoms with van der Waals surface area (Å²) in [6.07, 6.45) is 6.42. The molecule has 18 heavy (non-hydrogen) atoms. The van der Waals surface area contributed by atoms with Gasteiger partial charge in [0.15, 0.2) is 0 Å². The lowest BCUT2D eigenvalue weighted by atomic mass is 10.1. The van der Waals surface area contributed by atoms with Gasteiger partial charge in [0.1, 0.15) is 6.04 Å². The van der Waals surface area contributed by atoms with Crippen molar-refractivity contribution in [1.82, 2.24) is 10.6 Å². The summed E-state index contributed by atoms with van der Waals surface area (Å²) in [7, 11) is 0. The minimum absolute atomic E-state index is 0.176. The molecule has 1 saturated heterocycles. The van der Waals surface area contributed by atoms with Gasteiger partial charge in [-0.1, -0.05) is 12.8 Å². The van der Waals surface area contributed by atoms with Gasteiger partial charge >= 0.3 is 5.97 Å². The average molecular weight is 274 g/mol. The number of carboxylic acid groups (broad SMARTS) is 1. The lowest BCUT2D eigenvalue weighted by molar-refractivity contribution is -0.142. The lowest BCUT2D eigenvalue weighted by Gasteiger charge is -2.19. The van der Waals surface area contributed by atoms with E-state index >= 15 is 0 Å². The molecule has 1 unspecified atom stereocenters. The number of carbonyl (C=O) groups is 2. The van der Waals surface area contributed by atoms with Crippen LogP contribution in [-0.4, -0.2) is 47.6 Å². The summed E-state index contributed by atoms with van der Waals surface area (Å²) in [4.78, 5) is 23.0. The summed E-state index contributed by atoms with van der Waals surface area (Å²) in [6, 6.07) is -1.00. The van der Waals surface area contributed by atoms with Crippen LogP contribution in [0.4, 0.5) is 0 Å². The van der Waals surface area contributed by atoms with Gasteiger partial charge in [-0.25, -0.2) is 4.79 Å². The monoisotopic (exact) mass is 274 g/mol. The van der Waals surface area contributed by atoms with Crippen molar-refractivity contribution in [2.75, 3.05) is 18.6 Å². The van der Waals surface area contributed by atoms with Gasteiger partial charge in [-0.15, -0.1) is 0 Å². The average Bonchev–Trinajstić information content (AvgIpc) is 2.62. The van der Waals surface area contributed by atoms with Crippen molar-refractivity contribution in [2.24, 2.45) is 0 Å². The van der Waals surface area contributed by atoms with Crippen LogP contribution in [-0.2, 0) is 9.59 Å². The molecular weight excluding hydrogens is 252 g/mol. The molecule has 1 rings (SSSR count). The van der Waals surface area contributed by atoms with Crippen molar-refractivity contribution < 1.29 is 14.7 Å². The Balaban J connectivity index is 2.45. The van der Waals surface area contributed by atoms with Crippen molar-refractivity contribution in [3.8, 4) is 0 Å². The molecular formula is C12H22N2O3S. The van der Waals surface area contributed by atoms with Gasteiger partial charge in [-0.2, -0.15) is 11.8 Å². The van der Waals surface area contributed by atoms with Gasteiger partial charge in [-0.3, -0.25) is 4.79 Å². The molecule has 0 radical (unpaired) electrons. The Hall–Kier alpha value is -0.750. The number of aliphatic carboxylic acids is 1. The molecule has 0 aliphatic carbocycles. The number of hydrogen-bond acceptors (Lipinski definition) is 4. The van der Waals surface area contributed by atoms with Gasteiger partial charge in [0.2, 0.25) is 5.91 Å². The third kappa shape index (κ3) is 5.27. The van der Waals surface area contributed by atoms with Crippen LogP contribution in [0.3, 0.4) is 0 Å². The van der Waals surface area contributed by atoms with E-state index in [0.717, 1.165) is 38.0 Å². The van der Waals surface area contributed by atoms with E-state index in [1.165, 1.54) is 0 Å². The van der Waals surface area contributed by atoms with Crippen molar-refractivity contribution >= 4 is 23.6 Å². The second kappa shape index (κ2) is 8.37. The molecule has 1 fully saturated rings. The zero-order valence-electron chi connectivity index (χ0n) is 10.8. The van der Waals surface area contributed by atoms with Gasteiger partial charge in [0, 0.05) is 0 Å². The van der Waals surface area contributed by atoms with E-state index in [9.17, 15) is 9.59 Å². The van der Waals surface area contributed by atoms with Crippen LogP contribution in [0.5, 0.6) is 0 Å². The van der Waals surface area contributed by atoms with Crippen LogP contribution >= 0.6 is 11.8 Å². The number of nitrogens with one attached hydrogen (secondary N) is 2. The smallest absolute Gasteiger partial charge is 0.326 e. The standard InChI is InChI=1S/C12H22N2O3S/c1-18-8-6-10(12(16)17)14-11(15)9-5-3-2-4-7-13-9/h9-10,13H,2-8H2,1H3,(H,14,15)(H,16,17)/t9?,10-/m1/s1. The number of amides is 1. The molecule has 0 aromatic heterocycles. The minimum atomic E-state index is -0.953. The maximum atomic E-state index is 12.0. The van der Waals surface area contributed by atoms with Crippen molar-refractivity contribution in [1.29, 1.82) is 0 Å². The molecule has 1 amide bonds. The Kier molecular flexibility index (Phi) is 7.12. The topological polar surface area (TPSA) is 78.4 Å². The molecule has 104 valence electrons. The van der Waals surface area contributed by atoms with Crippen LogP contribution in [0, 0.1) is 0 Å². The highest BCUT2D eigenvalue weighted by Gasteiger charge is 2.25. The second-order valence-electron chi connectivity index (χ2n) is 4.54. The first-order valence-electron chi connectivity index (χ1n) is 6.40. The van der Waals surface area contributed by atoms with Crippen LogP contribution < -0.4 is 10.6 Å². The van der Waals surface area contributed by atoms with Crippen LogP contribution in [0.25, 0.3) is 0 Å². The first-order valence-corrected chi connectivity index (χ1v) is 7.80. The maximum Gasteiger partial charge on any atom is 0.326 e. The summed E-state index contributed by atoms with van der Waals surface area (Å²) in [5.41, 5.74) is 0. The Bertz CT molecular complexity index is 278. The molecule has 5 nitrogen and oxygen atoms in total. The van der Waals surface area contributed by atoms with Crippen LogP contribution in [0.15, 0.2) is 0 Å². The highest BCUT2D eigenvalue weighted by molar-refractivity contribution is 7.98. The third-order valence-corrected chi connectivity index (χ3v) is 3.75. The molecule has 6 heteroatoms. The second-order valence-corrected chi connectivity index (χ2v) is 5.52. The fourth-order valence-corrected chi connectivity index (χ4v) is 2.49. The fourth-order valence-electron chi connectivity index (χ4n) is 2.02. The predicted molar refractivity (Wildman–Crippen MR) is 72.8 cm³/mol. The third-order valence-electron chi connectivity index (χ3n) is 3.10. The largest absolute Gasteiger partial charge is 0.480 e. The number of hydrogen-bond donors (Lipinski definition) is 3. The zero-order valence-corrected chi connectivity index (χ0v) is 11.6. The molecule has 0 saturated carbocycles. The van der Waals surface area contributed by atoms with E-state index < -0.39 is 12.0 Å². The highest BCUT2D eigenvalue weighted by Crippen LogP contribution is 2.09. The number of carbonyl (C=O) groups excluding carboxylic acids is 1. The van der Waals surface area contributed by atoms with E-state index in [2.05, 4.69) is 10.6 Å². The van der Waals surface area contributed by atoms with Crippen LogP contribution in [0.2, 0.25) is 0 Å². The molecule has 1 aliphatic rings. The quantitative estimate of drug-likeness (QED) is 0.669. The Morgan fingerprint density at radius 1 is 1.44 bits per heavy atom. The number of carboxylic acids is 1. The first kappa shape index (κ1) is 15.3. The zero-order chi connectivity index (χ0) is 13.4. The van der Waals surface area contributed by atoms with Gasteiger partial charge in [-0.05, 0) is 37.8 Å². The fraction of sp³-hybridized carbons (Fsp3) is 0.833. The summed E-state index contributed by atoms with van der Waals surface area (Å²) in [5, 5.41) is 14.9. The molecule has 0 aromatic carbocycles. The molecule has 0 aromatic rings. The van der Waals surface area contributed by atoms with Crippen LogP contribution in [0.1, 0.15) is 32.1 Å². The van der Waals surface area contributed by atoms with E-state index in [0.29, 0.717) is 6.42 Å². The lowest BCUT2D eigenvalue weighted by Crippen LogP contribution is -2.50. The molecule has 0 bridgehead atoms. The van der Waals surface area contributed by atoms with Gasteiger partial charge < -0.3 is 15.7 Å². The number of thioether (sulfide) groups is 1. The Morgan fingerprint density at radius 3 is 2.89 bits per heavy atom. The first-order chi connectivity index (χ1) is 8.65. The minimum Gasteiger partial charge on any atom is -0.480 e. The summed E-state index contributed by atoms with van der Waals surface area (Å²) < 4.78 is 0. The van der Waals surface area contributed by atoms with E-state index in [1.54, 1.807) is 11.8 Å². The summed E-state index contributed by atoms with van der Waals surface area (Å²) in [6.45, 7) is 0.834. The normalized spacial score (nSPS) is 21.9. The molecule has 1 heterocycles. The number of rotatable bonds is 6. The van der Waals surface area contributed by atoms with Crippen molar-refractivity contribution in [2.45, 2.75) is 44.2 Å². The van der Waals surface area contributed by atoms with E-state index in [-0.39, 0.29) is 11.9 Å². The molecule has 3 N–H and O–H groups in total. The molecule has 1 aliphatic heterocycles. The Labute approximate surface area is 112 Å². The molecule has 2 atom stereocenters. The predicted octanol–water partition coefficient (Wildman–Crippen LogP) is 0.841. The van der Waals surface area contributed by atoms with Crippen molar-refractivity contribution in [3.63, 3.8) is 0 Å². The van der Waals surface area contributed by atoms with E-state index in [1.807, 2.05) is 6.26 Å². The summed E-state index contributed by atoms with van der Waals surface area (Å²) >= 11 is 1.58.